The fourth-order valence-electron chi connectivity index (χ4n) is 1.34. The van der Waals surface area contributed by atoms with Gasteiger partial charge in [-0.1, -0.05) is 12.0 Å². The van der Waals surface area contributed by atoms with Gasteiger partial charge in [0.15, 0.2) is 0 Å². The predicted octanol–water partition coefficient (Wildman–Crippen LogP) is 2.04. The maximum atomic E-state index is 11.9. The third-order valence-corrected chi connectivity index (χ3v) is 2.45. The van der Waals surface area contributed by atoms with Gasteiger partial charge in [0.25, 0.3) is 11.6 Å². The van der Waals surface area contributed by atoms with E-state index in [2.05, 4.69) is 11.2 Å². The number of terminal acetylenes is 1. The number of hydrogen-bond acceptors (Lipinski definition) is 3. The molecule has 94 valence electrons. The van der Waals surface area contributed by atoms with E-state index in [1.54, 1.807) is 20.8 Å². The molecule has 1 amide bonds. The molecule has 0 radical (unpaired) electrons. The molecule has 0 bridgehead atoms. The average molecular weight is 246 g/mol. The Balaban J connectivity index is 3.06. The minimum Gasteiger partial charge on any atom is -0.336 e. The van der Waals surface area contributed by atoms with Crippen molar-refractivity contribution in [2.24, 2.45) is 0 Å². The largest absolute Gasteiger partial charge is 0.336 e. The summed E-state index contributed by atoms with van der Waals surface area (Å²) in [6.07, 6.45) is 5.26. The summed E-state index contributed by atoms with van der Waals surface area (Å²) in [4.78, 5) is 22.1. The molecular weight excluding hydrogens is 232 g/mol. The van der Waals surface area contributed by atoms with Crippen LogP contribution in [-0.2, 0) is 0 Å². The van der Waals surface area contributed by atoms with E-state index < -0.39 is 16.4 Å². The Hall–Kier alpha value is -2.35. The number of amides is 1. The number of aryl methyl sites for hydroxylation is 1. The molecule has 0 aliphatic heterocycles. The zero-order valence-corrected chi connectivity index (χ0v) is 10.5. The highest BCUT2D eigenvalue weighted by Gasteiger charge is 2.20. The quantitative estimate of drug-likeness (QED) is 0.504. The standard InChI is InChI=1S/C13H14N2O3/c1-5-13(3,4)14-12(16)10-7-6-9(2)11(8-10)15(17)18/h1,6-8H,2-4H3,(H,14,16). The Morgan fingerprint density at radius 3 is 2.61 bits per heavy atom. The fourth-order valence-corrected chi connectivity index (χ4v) is 1.34. The zero-order valence-electron chi connectivity index (χ0n) is 10.5. The monoisotopic (exact) mass is 246 g/mol. The molecule has 5 heteroatoms. The van der Waals surface area contributed by atoms with Gasteiger partial charge in [-0.25, -0.2) is 0 Å². The topological polar surface area (TPSA) is 72.2 Å². The second-order valence-corrected chi connectivity index (χ2v) is 4.48. The fraction of sp³-hybridized carbons (Fsp3) is 0.308. The maximum Gasteiger partial charge on any atom is 0.273 e. The van der Waals surface area contributed by atoms with Crippen molar-refractivity contribution in [3.05, 3.63) is 39.4 Å². The number of rotatable bonds is 3. The molecule has 0 aliphatic rings. The minimum absolute atomic E-state index is 0.0823. The van der Waals surface area contributed by atoms with Gasteiger partial charge < -0.3 is 5.32 Å². The predicted molar refractivity (Wildman–Crippen MR) is 68.2 cm³/mol. The molecule has 0 unspecified atom stereocenters. The van der Waals surface area contributed by atoms with Crippen LogP contribution in [0.1, 0.15) is 29.8 Å². The van der Waals surface area contributed by atoms with Crippen LogP contribution >= 0.6 is 0 Å². The smallest absolute Gasteiger partial charge is 0.273 e. The van der Waals surface area contributed by atoms with Crippen LogP contribution in [-0.4, -0.2) is 16.4 Å². The summed E-state index contributed by atoms with van der Waals surface area (Å²) in [5.74, 6) is 2.00. The molecule has 1 N–H and O–H groups in total. The maximum absolute atomic E-state index is 11.9. The number of carbonyl (C=O) groups is 1. The first-order valence-corrected chi connectivity index (χ1v) is 5.32. The lowest BCUT2D eigenvalue weighted by Crippen LogP contribution is -2.42. The van der Waals surface area contributed by atoms with E-state index in [4.69, 9.17) is 6.42 Å². The molecular formula is C13H14N2O3. The lowest BCUT2D eigenvalue weighted by atomic mass is 10.0. The summed E-state index contributed by atoms with van der Waals surface area (Å²) >= 11 is 0. The molecule has 18 heavy (non-hydrogen) atoms. The number of nitro benzene ring substituents is 1. The van der Waals surface area contributed by atoms with Gasteiger partial charge >= 0.3 is 0 Å². The molecule has 0 atom stereocenters. The lowest BCUT2D eigenvalue weighted by Gasteiger charge is -2.19. The van der Waals surface area contributed by atoms with Gasteiger partial charge in [0.1, 0.15) is 0 Å². The normalized spacial score (nSPS) is 10.6. The Morgan fingerprint density at radius 2 is 2.11 bits per heavy atom. The van der Waals surface area contributed by atoms with E-state index in [0.29, 0.717) is 5.56 Å². The number of nitro groups is 1. The van der Waals surface area contributed by atoms with Crippen LogP contribution < -0.4 is 5.32 Å². The van der Waals surface area contributed by atoms with Crippen molar-refractivity contribution in [2.75, 3.05) is 0 Å². The van der Waals surface area contributed by atoms with Crippen LogP contribution in [0.15, 0.2) is 18.2 Å². The van der Waals surface area contributed by atoms with Crippen molar-refractivity contribution in [1.29, 1.82) is 0 Å². The number of benzene rings is 1. The number of nitrogens with zero attached hydrogens (tertiary/aromatic N) is 1. The van der Waals surface area contributed by atoms with Gasteiger partial charge in [0.2, 0.25) is 0 Å². The average Bonchev–Trinajstić information content (AvgIpc) is 2.28. The van der Waals surface area contributed by atoms with Crippen LogP contribution in [0.4, 0.5) is 5.69 Å². The SMILES string of the molecule is C#CC(C)(C)NC(=O)c1ccc(C)c([N+](=O)[O-])c1. The highest BCUT2D eigenvalue weighted by atomic mass is 16.6. The van der Waals surface area contributed by atoms with Crippen LogP contribution in [0.25, 0.3) is 0 Å². The molecule has 0 saturated carbocycles. The van der Waals surface area contributed by atoms with Crippen molar-refractivity contribution >= 4 is 11.6 Å². The van der Waals surface area contributed by atoms with E-state index >= 15 is 0 Å². The van der Waals surface area contributed by atoms with Gasteiger partial charge in [-0.3, -0.25) is 14.9 Å². The molecule has 1 aromatic rings. The van der Waals surface area contributed by atoms with E-state index in [0.717, 1.165) is 0 Å². The molecule has 1 aromatic carbocycles. The van der Waals surface area contributed by atoms with Gasteiger partial charge in [-0.05, 0) is 26.8 Å². The summed E-state index contributed by atoms with van der Waals surface area (Å²) in [7, 11) is 0. The van der Waals surface area contributed by atoms with Crippen LogP contribution in [0.3, 0.4) is 0 Å². The lowest BCUT2D eigenvalue weighted by molar-refractivity contribution is -0.385. The summed E-state index contributed by atoms with van der Waals surface area (Å²) in [5, 5.41) is 13.4. The van der Waals surface area contributed by atoms with E-state index in [9.17, 15) is 14.9 Å². The summed E-state index contributed by atoms with van der Waals surface area (Å²) in [6, 6.07) is 4.32. The molecule has 1 rings (SSSR count). The summed E-state index contributed by atoms with van der Waals surface area (Å²) < 4.78 is 0. The second-order valence-electron chi connectivity index (χ2n) is 4.48. The molecule has 5 nitrogen and oxygen atoms in total. The zero-order chi connectivity index (χ0) is 13.9. The van der Waals surface area contributed by atoms with E-state index in [-0.39, 0.29) is 11.3 Å². The van der Waals surface area contributed by atoms with Gasteiger partial charge in [-0.15, -0.1) is 6.42 Å². The van der Waals surface area contributed by atoms with Gasteiger partial charge in [0, 0.05) is 17.2 Å². The van der Waals surface area contributed by atoms with Crippen molar-refractivity contribution in [2.45, 2.75) is 26.3 Å². The minimum atomic E-state index is -0.795. The Kier molecular flexibility index (Phi) is 3.72. The highest BCUT2D eigenvalue weighted by Crippen LogP contribution is 2.19. The molecule has 0 fully saturated rings. The van der Waals surface area contributed by atoms with Crippen LogP contribution in [0, 0.1) is 29.4 Å². The van der Waals surface area contributed by atoms with Gasteiger partial charge in [-0.2, -0.15) is 0 Å². The molecule has 0 aliphatic carbocycles. The molecule has 0 heterocycles. The first-order chi connectivity index (χ1) is 8.26. The Morgan fingerprint density at radius 1 is 1.50 bits per heavy atom. The van der Waals surface area contributed by atoms with Crippen LogP contribution in [0.2, 0.25) is 0 Å². The number of hydrogen-bond donors (Lipinski definition) is 1. The highest BCUT2D eigenvalue weighted by molar-refractivity contribution is 5.95. The van der Waals surface area contributed by atoms with Crippen molar-refractivity contribution < 1.29 is 9.72 Å². The Labute approximate surface area is 105 Å². The third kappa shape index (κ3) is 3.08. The Bertz CT molecular complexity index is 542. The third-order valence-electron chi connectivity index (χ3n) is 2.45. The molecule has 0 spiro atoms. The van der Waals surface area contributed by atoms with Crippen LogP contribution in [0.5, 0.6) is 0 Å². The van der Waals surface area contributed by atoms with Crippen molar-refractivity contribution in [3.63, 3.8) is 0 Å². The van der Waals surface area contributed by atoms with Crippen molar-refractivity contribution in [1.82, 2.24) is 5.32 Å². The molecule has 0 saturated heterocycles. The molecule has 0 aromatic heterocycles. The van der Waals surface area contributed by atoms with E-state index in [1.807, 2.05) is 0 Å². The summed E-state index contributed by atoms with van der Waals surface area (Å²) in [6.45, 7) is 4.96. The summed E-state index contributed by atoms with van der Waals surface area (Å²) in [5.41, 5.74) is -0.152. The van der Waals surface area contributed by atoms with Crippen molar-refractivity contribution in [3.8, 4) is 12.3 Å². The first kappa shape index (κ1) is 13.7. The number of carbonyl (C=O) groups excluding carboxylic acids is 1. The van der Waals surface area contributed by atoms with Gasteiger partial charge in [0.05, 0.1) is 10.5 Å². The number of nitrogens with one attached hydrogen (secondary N) is 1. The van der Waals surface area contributed by atoms with E-state index in [1.165, 1.54) is 18.2 Å². The first-order valence-electron chi connectivity index (χ1n) is 5.32. The second kappa shape index (κ2) is 4.88.